The van der Waals surface area contributed by atoms with Crippen LogP contribution in [-0.2, 0) is 13.0 Å². The molecule has 0 unspecified atom stereocenters. The van der Waals surface area contributed by atoms with Gasteiger partial charge in [-0.1, -0.05) is 57.2 Å². The number of aryl methyl sites for hydroxylation is 1. The summed E-state index contributed by atoms with van der Waals surface area (Å²) in [7, 11) is 0. The van der Waals surface area contributed by atoms with Gasteiger partial charge in [0.15, 0.2) is 11.5 Å². The Balaban J connectivity index is 0.00000106. The highest BCUT2D eigenvalue weighted by Gasteiger charge is 2.06. The molecule has 0 N–H and O–H groups in total. The van der Waals surface area contributed by atoms with E-state index in [-0.39, 0.29) is 0 Å². The Labute approximate surface area is 128 Å². The summed E-state index contributed by atoms with van der Waals surface area (Å²) in [5.74, 6) is 1.64. The number of ether oxygens (including phenoxy) is 2. The number of rotatable bonds is 6. The van der Waals surface area contributed by atoms with Crippen LogP contribution in [0.5, 0.6) is 11.5 Å². The van der Waals surface area contributed by atoms with Gasteiger partial charge < -0.3 is 9.47 Å². The molecular weight excluding hydrogens is 260 g/mol. The van der Waals surface area contributed by atoms with Crippen LogP contribution in [-0.4, -0.2) is 6.61 Å². The van der Waals surface area contributed by atoms with Crippen molar-refractivity contribution in [2.45, 2.75) is 40.7 Å². The minimum atomic E-state index is 0.562. The second-order valence-electron chi connectivity index (χ2n) is 4.34. The Bertz CT molecular complexity index is 506. The van der Waals surface area contributed by atoms with E-state index < -0.39 is 0 Å². The molecule has 0 spiro atoms. The molecule has 0 saturated heterocycles. The predicted octanol–water partition coefficient (Wildman–Crippen LogP) is 5.25. The maximum absolute atomic E-state index is 5.85. The number of hydrogen-bond acceptors (Lipinski definition) is 2. The summed E-state index contributed by atoms with van der Waals surface area (Å²) < 4.78 is 11.5. The zero-order valence-corrected chi connectivity index (χ0v) is 13.6. The van der Waals surface area contributed by atoms with Crippen LogP contribution in [0.25, 0.3) is 0 Å². The maximum Gasteiger partial charge on any atom is 0.161 e. The molecule has 2 rings (SSSR count). The zero-order valence-electron chi connectivity index (χ0n) is 13.6. The molecule has 0 saturated carbocycles. The lowest BCUT2D eigenvalue weighted by Crippen LogP contribution is -2.00. The third kappa shape index (κ3) is 5.50. The van der Waals surface area contributed by atoms with Gasteiger partial charge in [0.2, 0.25) is 0 Å². The van der Waals surface area contributed by atoms with Gasteiger partial charge >= 0.3 is 0 Å². The van der Waals surface area contributed by atoms with Crippen LogP contribution < -0.4 is 9.47 Å². The Hall–Kier alpha value is -1.96. The standard InChI is InChI=1S/C17H20O2.C2H6/c1-3-14-10-11-16(17(12-14)18-4-2)19-13-15-8-6-5-7-9-15;1-2/h5-12H,3-4,13H2,1-2H3;1-2H3. The van der Waals surface area contributed by atoms with Crippen LogP contribution in [0.3, 0.4) is 0 Å². The van der Waals surface area contributed by atoms with Crippen LogP contribution in [0.2, 0.25) is 0 Å². The molecule has 0 heterocycles. The van der Waals surface area contributed by atoms with Crippen molar-refractivity contribution in [1.82, 2.24) is 0 Å². The van der Waals surface area contributed by atoms with Crippen molar-refractivity contribution >= 4 is 0 Å². The van der Waals surface area contributed by atoms with Gasteiger partial charge in [-0.25, -0.2) is 0 Å². The van der Waals surface area contributed by atoms with E-state index in [1.54, 1.807) is 0 Å². The van der Waals surface area contributed by atoms with Crippen molar-refractivity contribution in [3.63, 3.8) is 0 Å². The Morgan fingerprint density at radius 2 is 1.48 bits per heavy atom. The average Bonchev–Trinajstić information content (AvgIpc) is 2.56. The van der Waals surface area contributed by atoms with Gasteiger partial charge in [-0.15, -0.1) is 0 Å². The van der Waals surface area contributed by atoms with Gasteiger partial charge in [-0.2, -0.15) is 0 Å². The van der Waals surface area contributed by atoms with Crippen LogP contribution in [0.15, 0.2) is 48.5 Å². The average molecular weight is 286 g/mol. The Kier molecular flexibility index (Phi) is 8.03. The molecule has 0 aromatic heterocycles. The lowest BCUT2D eigenvalue weighted by Gasteiger charge is -2.13. The lowest BCUT2D eigenvalue weighted by molar-refractivity contribution is 0.269. The molecule has 0 bridgehead atoms. The number of benzene rings is 2. The van der Waals surface area contributed by atoms with Crippen molar-refractivity contribution in [2.75, 3.05) is 6.61 Å². The quantitative estimate of drug-likeness (QED) is 0.721. The first kappa shape index (κ1) is 17.1. The van der Waals surface area contributed by atoms with Crippen molar-refractivity contribution in [3.8, 4) is 11.5 Å². The molecular formula is C19H26O2. The van der Waals surface area contributed by atoms with Gasteiger partial charge in [0.05, 0.1) is 6.61 Å². The molecule has 0 aliphatic heterocycles. The van der Waals surface area contributed by atoms with E-state index in [4.69, 9.17) is 9.47 Å². The summed E-state index contributed by atoms with van der Waals surface area (Å²) >= 11 is 0. The first-order valence-electron chi connectivity index (χ1n) is 7.76. The summed E-state index contributed by atoms with van der Waals surface area (Å²) in [4.78, 5) is 0. The zero-order chi connectivity index (χ0) is 15.5. The van der Waals surface area contributed by atoms with E-state index in [1.165, 1.54) is 5.56 Å². The van der Waals surface area contributed by atoms with E-state index in [1.807, 2.05) is 45.0 Å². The highest BCUT2D eigenvalue weighted by molar-refractivity contribution is 5.43. The van der Waals surface area contributed by atoms with Crippen molar-refractivity contribution in [3.05, 3.63) is 59.7 Å². The molecule has 2 aromatic carbocycles. The fraction of sp³-hybridized carbons (Fsp3) is 0.368. The largest absolute Gasteiger partial charge is 0.490 e. The minimum absolute atomic E-state index is 0.562. The van der Waals surface area contributed by atoms with Gasteiger partial charge in [-0.3, -0.25) is 0 Å². The van der Waals surface area contributed by atoms with Crippen LogP contribution in [0.1, 0.15) is 38.8 Å². The first-order chi connectivity index (χ1) is 10.3. The Morgan fingerprint density at radius 1 is 0.762 bits per heavy atom. The highest BCUT2D eigenvalue weighted by atomic mass is 16.5. The summed E-state index contributed by atoms with van der Waals surface area (Å²) in [6.45, 7) is 9.33. The van der Waals surface area contributed by atoms with Crippen molar-refractivity contribution in [2.24, 2.45) is 0 Å². The summed E-state index contributed by atoms with van der Waals surface area (Å²) in [5.41, 5.74) is 2.42. The lowest BCUT2D eigenvalue weighted by atomic mass is 10.1. The normalized spacial score (nSPS) is 9.52. The van der Waals surface area contributed by atoms with Crippen LogP contribution in [0.4, 0.5) is 0 Å². The smallest absolute Gasteiger partial charge is 0.161 e. The second kappa shape index (κ2) is 9.87. The molecule has 0 radical (unpaired) electrons. The number of hydrogen-bond donors (Lipinski definition) is 0. The van der Waals surface area contributed by atoms with Crippen molar-refractivity contribution in [1.29, 1.82) is 0 Å². The fourth-order valence-corrected chi connectivity index (χ4v) is 1.90. The Morgan fingerprint density at radius 3 is 2.10 bits per heavy atom. The van der Waals surface area contributed by atoms with Crippen molar-refractivity contribution < 1.29 is 9.47 Å². The first-order valence-corrected chi connectivity index (χ1v) is 7.76. The molecule has 0 atom stereocenters. The topological polar surface area (TPSA) is 18.5 Å². The van der Waals surface area contributed by atoms with E-state index in [9.17, 15) is 0 Å². The predicted molar refractivity (Wildman–Crippen MR) is 89.1 cm³/mol. The van der Waals surface area contributed by atoms with E-state index in [2.05, 4.69) is 31.2 Å². The molecule has 0 aliphatic rings. The second-order valence-corrected chi connectivity index (χ2v) is 4.34. The summed E-state index contributed by atoms with van der Waals surface area (Å²) in [6, 6.07) is 16.3. The SMILES string of the molecule is CC.CCOc1cc(CC)ccc1OCc1ccccc1. The van der Waals surface area contributed by atoms with Gasteiger partial charge in [-0.05, 0) is 36.6 Å². The minimum Gasteiger partial charge on any atom is -0.490 e. The van der Waals surface area contributed by atoms with E-state index in [0.717, 1.165) is 23.5 Å². The molecule has 0 amide bonds. The van der Waals surface area contributed by atoms with Gasteiger partial charge in [0, 0.05) is 0 Å². The summed E-state index contributed by atoms with van der Waals surface area (Å²) in [5, 5.41) is 0. The third-order valence-corrected chi connectivity index (χ3v) is 2.95. The summed E-state index contributed by atoms with van der Waals surface area (Å²) in [6.07, 6.45) is 0.999. The fourth-order valence-electron chi connectivity index (χ4n) is 1.90. The molecule has 21 heavy (non-hydrogen) atoms. The van der Waals surface area contributed by atoms with E-state index >= 15 is 0 Å². The van der Waals surface area contributed by atoms with Crippen LogP contribution >= 0.6 is 0 Å². The molecule has 0 aliphatic carbocycles. The third-order valence-electron chi connectivity index (χ3n) is 2.95. The molecule has 2 nitrogen and oxygen atoms in total. The highest BCUT2D eigenvalue weighted by Crippen LogP contribution is 2.29. The van der Waals surface area contributed by atoms with Crippen LogP contribution in [0, 0.1) is 0 Å². The molecule has 114 valence electrons. The molecule has 2 heteroatoms. The molecule has 0 fully saturated rings. The maximum atomic E-state index is 5.85. The van der Waals surface area contributed by atoms with Gasteiger partial charge in [0.1, 0.15) is 6.61 Å². The van der Waals surface area contributed by atoms with Gasteiger partial charge in [0.25, 0.3) is 0 Å². The monoisotopic (exact) mass is 286 g/mol. The van der Waals surface area contributed by atoms with E-state index in [0.29, 0.717) is 13.2 Å². The molecule has 2 aromatic rings.